The monoisotopic (exact) mass is 198 g/mol. The summed E-state index contributed by atoms with van der Waals surface area (Å²) in [4.78, 5) is 15.2. The summed E-state index contributed by atoms with van der Waals surface area (Å²) in [7, 11) is 0. The van der Waals surface area contributed by atoms with Gasteiger partial charge < -0.3 is 10.4 Å². The molecule has 0 radical (unpaired) electrons. The zero-order chi connectivity index (χ0) is 10.4. The molecule has 0 atom stereocenters. The third kappa shape index (κ3) is 3.14. The van der Waals surface area contributed by atoms with E-state index in [1.807, 2.05) is 0 Å². The first kappa shape index (κ1) is 10.6. The Labute approximate surface area is 81.7 Å². The number of unbranched alkanes of at least 4 members (excludes halogenated alkanes) is 1. The molecule has 0 saturated carbocycles. The van der Waals surface area contributed by atoms with Gasteiger partial charge in [0.25, 0.3) is 5.91 Å². The van der Waals surface area contributed by atoms with Crippen LogP contribution in [0.15, 0.2) is 0 Å². The van der Waals surface area contributed by atoms with Crippen LogP contribution in [0.5, 0.6) is 0 Å². The predicted molar refractivity (Wildman–Crippen MR) is 49.8 cm³/mol. The van der Waals surface area contributed by atoms with Crippen molar-refractivity contribution in [2.24, 2.45) is 0 Å². The van der Waals surface area contributed by atoms with Crippen molar-refractivity contribution in [2.45, 2.75) is 19.8 Å². The van der Waals surface area contributed by atoms with E-state index in [0.29, 0.717) is 18.8 Å². The van der Waals surface area contributed by atoms with Crippen molar-refractivity contribution in [1.82, 2.24) is 20.5 Å². The highest BCUT2D eigenvalue weighted by molar-refractivity contribution is 5.90. The Balaban J connectivity index is 2.29. The van der Waals surface area contributed by atoms with Gasteiger partial charge in [0.05, 0.1) is 0 Å². The van der Waals surface area contributed by atoms with Gasteiger partial charge in [-0.3, -0.25) is 9.89 Å². The second-order valence-electron chi connectivity index (χ2n) is 2.93. The van der Waals surface area contributed by atoms with E-state index in [1.54, 1.807) is 6.92 Å². The van der Waals surface area contributed by atoms with Gasteiger partial charge in [0.15, 0.2) is 0 Å². The molecule has 6 nitrogen and oxygen atoms in total. The van der Waals surface area contributed by atoms with Gasteiger partial charge in [-0.2, -0.15) is 0 Å². The number of rotatable bonds is 5. The molecule has 1 aromatic heterocycles. The third-order valence-electron chi connectivity index (χ3n) is 1.67. The maximum absolute atomic E-state index is 11.3. The van der Waals surface area contributed by atoms with E-state index in [-0.39, 0.29) is 18.3 Å². The smallest absolute Gasteiger partial charge is 0.290 e. The molecule has 14 heavy (non-hydrogen) atoms. The van der Waals surface area contributed by atoms with Gasteiger partial charge in [0, 0.05) is 13.2 Å². The molecule has 0 aromatic carbocycles. The number of hydrogen-bond donors (Lipinski definition) is 3. The maximum Gasteiger partial charge on any atom is 0.290 e. The van der Waals surface area contributed by atoms with E-state index < -0.39 is 0 Å². The van der Waals surface area contributed by atoms with Crippen LogP contribution in [0.4, 0.5) is 0 Å². The van der Waals surface area contributed by atoms with Crippen LogP contribution in [0.1, 0.15) is 29.3 Å². The van der Waals surface area contributed by atoms with Crippen molar-refractivity contribution < 1.29 is 9.90 Å². The summed E-state index contributed by atoms with van der Waals surface area (Å²) in [6.07, 6.45) is 1.44. The SMILES string of the molecule is Cc1nc(C(=O)NCCCCO)n[nH]1. The zero-order valence-corrected chi connectivity index (χ0v) is 8.08. The molecule has 6 heteroatoms. The van der Waals surface area contributed by atoms with Gasteiger partial charge in [-0.1, -0.05) is 0 Å². The average molecular weight is 198 g/mol. The Kier molecular flexibility index (Phi) is 4.06. The standard InChI is InChI=1S/C8H14N4O2/c1-6-10-7(12-11-6)8(14)9-4-2-3-5-13/h13H,2-5H2,1H3,(H,9,14)(H,10,11,12). The highest BCUT2D eigenvalue weighted by Gasteiger charge is 2.09. The van der Waals surface area contributed by atoms with E-state index in [2.05, 4.69) is 20.5 Å². The largest absolute Gasteiger partial charge is 0.396 e. The molecule has 1 heterocycles. The lowest BCUT2D eigenvalue weighted by molar-refractivity contribution is 0.0942. The summed E-state index contributed by atoms with van der Waals surface area (Å²) in [6.45, 7) is 2.41. The first-order valence-corrected chi connectivity index (χ1v) is 4.52. The molecule has 1 amide bonds. The van der Waals surface area contributed by atoms with Gasteiger partial charge in [-0.15, -0.1) is 5.10 Å². The van der Waals surface area contributed by atoms with E-state index in [0.717, 1.165) is 6.42 Å². The highest BCUT2D eigenvalue weighted by Crippen LogP contribution is 1.91. The Morgan fingerprint density at radius 2 is 2.36 bits per heavy atom. The van der Waals surface area contributed by atoms with Crippen LogP contribution >= 0.6 is 0 Å². The minimum Gasteiger partial charge on any atom is -0.396 e. The number of aliphatic hydroxyl groups is 1. The topological polar surface area (TPSA) is 90.9 Å². The number of H-pyrrole nitrogens is 1. The van der Waals surface area contributed by atoms with Crippen molar-refractivity contribution in [3.05, 3.63) is 11.6 Å². The Hall–Kier alpha value is -1.43. The molecular weight excluding hydrogens is 184 g/mol. The fraction of sp³-hybridized carbons (Fsp3) is 0.625. The fourth-order valence-corrected chi connectivity index (χ4v) is 0.962. The lowest BCUT2D eigenvalue weighted by atomic mass is 10.3. The van der Waals surface area contributed by atoms with E-state index in [9.17, 15) is 4.79 Å². The molecule has 0 aliphatic rings. The predicted octanol–water partition coefficient (Wildman–Crippen LogP) is -0.385. The second kappa shape index (κ2) is 5.33. The Bertz CT molecular complexity index is 297. The van der Waals surface area contributed by atoms with Crippen molar-refractivity contribution >= 4 is 5.91 Å². The number of amides is 1. The highest BCUT2D eigenvalue weighted by atomic mass is 16.2. The minimum absolute atomic E-state index is 0.148. The lowest BCUT2D eigenvalue weighted by Gasteiger charge is -2.00. The number of carbonyl (C=O) groups excluding carboxylic acids is 1. The van der Waals surface area contributed by atoms with Crippen LogP contribution in [0.3, 0.4) is 0 Å². The second-order valence-corrected chi connectivity index (χ2v) is 2.93. The lowest BCUT2D eigenvalue weighted by Crippen LogP contribution is -2.25. The van der Waals surface area contributed by atoms with E-state index in [1.165, 1.54) is 0 Å². The zero-order valence-electron chi connectivity index (χ0n) is 8.08. The Morgan fingerprint density at radius 3 is 2.93 bits per heavy atom. The molecule has 0 spiro atoms. The molecule has 0 aliphatic heterocycles. The molecule has 1 aromatic rings. The number of aliphatic hydroxyl groups excluding tert-OH is 1. The normalized spacial score (nSPS) is 10.1. The summed E-state index contributed by atoms with van der Waals surface area (Å²) in [5, 5.41) is 17.5. The number of nitrogens with zero attached hydrogens (tertiary/aromatic N) is 2. The van der Waals surface area contributed by atoms with Crippen LogP contribution < -0.4 is 5.32 Å². The molecular formula is C8H14N4O2. The maximum atomic E-state index is 11.3. The number of carbonyl (C=O) groups is 1. The van der Waals surface area contributed by atoms with Crippen LogP contribution in [0.2, 0.25) is 0 Å². The summed E-state index contributed by atoms with van der Waals surface area (Å²) >= 11 is 0. The van der Waals surface area contributed by atoms with Crippen LogP contribution in [-0.2, 0) is 0 Å². The third-order valence-corrected chi connectivity index (χ3v) is 1.67. The summed E-state index contributed by atoms with van der Waals surface area (Å²) < 4.78 is 0. The fourth-order valence-electron chi connectivity index (χ4n) is 0.962. The molecule has 0 fully saturated rings. The van der Waals surface area contributed by atoms with E-state index >= 15 is 0 Å². The summed E-state index contributed by atoms with van der Waals surface area (Å²) in [5.41, 5.74) is 0. The molecule has 3 N–H and O–H groups in total. The average Bonchev–Trinajstić information content (AvgIpc) is 2.59. The van der Waals surface area contributed by atoms with Crippen molar-refractivity contribution in [3.8, 4) is 0 Å². The number of hydrogen-bond acceptors (Lipinski definition) is 4. The van der Waals surface area contributed by atoms with Gasteiger partial charge >= 0.3 is 0 Å². The minimum atomic E-state index is -0.285. The van der Waals surface area contributed by atoms with Gasteiger partial charge in [-0.25, -0.2) is 4.98 Å². The molecule has 0 saturated heterocycles. The molecule has 0 unspecified atom stereocenters. The number of nitrogens with one attached hydrogen (secondary N) is 2. The first-order chi connectivity index (χ1) is 6.74. The number of aromatic nitrogens is 3. The van der Waals surface area contributed by atoms with Crippen LogP contribution in [-0.4, -0.2) is 39.3 Å². The molecule has 78 valence electrons. The van der Waals surface area contributed by atoms with Gasteiger partial charge in [0.1, 0.15) is 5.82 Å². The number of aryl methyl sites for hydroxylation is 1. The van der Waals surface area contributed by atoms with E-state index in [4.69, 9.17) is 5.11 Å². The number of aromatic amines is 1. The Morgan fingerprint density at radius 1 is 1.57 bits per heavy atom. The van der Waals surface area contributed by atoms with Crippen molar-refractivity contribution in [3.63, 3.8) is 0 Å². The van der Waals surface area contributed by atoms with Gasteiger partial charge in [0.2, 0.25) is 5.82 Å². The van der Waals surface area contributed by atoms with Crippen LogP contribution in [0.25, 0.3) is 0 Å². The quantitative estimate of drug-likeness (QED) is 0.562. The summed E-state index contributed by atoms with van der Waals surface area (Å²) in [5.74, 6) is 0.490. The molecule has 0 aliphatic carbocycles. The van der Waals surface area contributed by atoms with Gasteiger partial charge in [-0.05, 0) is 19.8 Å². The van der Waals surface area contributed by atoms with Crippen molar-refractivity contribution in [2.75, 3.05) is 13.2 Å². The first-order valence-electron chi connectivity index (χ1n) is 4.52. The summed E-state index contributed by atoms with van der Waals surface area (Å²) in [6, 6.07) is 0. The van der Waals surface area contributed by atoms with Crippen molar-refractivity contribution in [1.29, 1.82) is 0 Å². The molecule has 1 rings (SSSR count). The van der Waals surface area contributed by atoms with Crippen LogP contribution in [0, 0.1) is 6.92 Å². The molecule has 0 bridgehead atoms.